The van der Waals surface area contributed by atoms with E-state index < -0.39 is 12.1 Å². The zero-order valence-corrected chi connectivity index (χ0v) is 16.0. The smallest absolute Gasteiger partial charge is 0.332 e. The van der Waals surface area contributed by atoms with Crippen LogP contribution in [0, 0.1) is 0 Å². The van der Waals surface area contributed by atoms with Crippen LogP contribution in [-0.4, -0.2) is 35.5 Å². The topological polar surface area (TPSA) is 76.0 Å². The van der Waals surface area contributed by atoms with Crippen molar-refractivity contribution in [2.24, 2.45) is 0 Å². The van der Waals surface area contributed by atoms with Gasteiger partial charge in [-0.2, -0.15) is 0 Å². The fraction of sp³-hybridized carbons (Fsp3) is 0.208. The van der Waals surface area contributed by atoms with Gasteiger partial charge in [0.1, 0.15) is 11.5 Å². The van der Waals surface area contributed by atoms with Gasteiger partial charge in [0.15, 0.2) is 6.10 Å². The van der Waals surface area contributed by atoms with E-state index in [1.54, 1.807) is 24.3 Å². The molecule has 3 aromatic rings. The van der Waals surface area contributed by atoms with Crippen molar-refractivity contribution in [1.82, 2.24) is 0 Å². The molecule has 29 heavy (non-hydrogen) atoms. The number of aliphatic hydroxyl groups is 1. The van der Waals surface area contributed by atoms with Crippen molar-refractivity contribution in [1.29, 1.82) is 0 Å². The second-order valence-electron chi connectivity index (χ2n) is 6.65. The molecule has 0 fully saturated rings. The zero-order valence-electron chi connectivity index (χ0n) is 16.0. The summed E-state index contributed by atoms with van der Waals surface area (Å²) in [6.45, 7) is 1.01. The van der Waals surface area contributed by atoms with Gasteiger partial charge in [-0.15, -0.1) is 0 Å². The lowest BCUT2D eigenvalue weighted by atomic mass is 10.1. The number of aliphatic hydroxyl groups excluding tert-OH is 1. The molecule has 0 bridgehead atoms. The highest BCUT2D eigenvalue weighted by Crippen LogP contribution is 2.22. The maximum atomic E-state index is 10.7. The number of carbonyl (C=O) groups is 1. The van der Waals surface area contributed by atoms with Gasteiger partial charge in [0.05, 0.1) is 13.2 Å². The van der Waals surface area contributed by atoms with Gasteiger partial charge in [-0.05, 0) is 41.0 Å². The Balaban J connectivity index is 1.40. The minimum atomic E-state index is -1.41. The summed E-state index contributed by atoms with van der Waals surface area (Å²) in [5, 5.41) is 18.2. The van der Waals surface area contributed by atoms with Crippen LogP contribution in [0.5, 0.6) is 11.5 Å². The van der Waals surface area contributed by atoms with Crippen molar-refractivity contribution >= 4 is 5.97 Å². The Kier molecular flexibility index (Phi) is 7.25. The number of rotatable bonds is 10. The van der Waals surface area contributed by atoms with Gasteiger partial charge in [-0.1, -0.05) is 54.6 Å². The van der Waals surface area contributed by atoms with Gasteiger partial charge in [0, 0.05) is 12.8 Å². The molecule has 0 aliphatic heterocycles. The van der Waals surface area contributed by atoms with Gasteiger partial charge in [0.25, 0.3) is 0 Å². The fourth-order valence-electron chi connectivity index (χ4n) is 2.89. The van der Waals surface area contributed by atoms with Crippen LogP contribution >= 0.6 is 0 Å². The van der Waals surface area contributed by atoms with E-state index in [9.17, 15) is 9.90 Å². The van der Waals surface area contributed by atoms with E-state index in [2.05, 4.69) is 12.1 Å². The first kappa shape index (κ1) is 20.4. The monoisotopic (exact) mass is 392 g/mol. The number of aliphatic carboxylic acids is 1. The highest BCUT2D eigenvalue weighted by atomic mass is 16.5. The van der Waals surface area contributed by atoms with E-state index in [4.69, 9.17) is 14.6 Å². The predicted octanol–water partition coefficient (Wildman–Crippen LogP) is 4.19. The first-order chi connectivity index (χ1) is 14.1. The first-order valence-corrected chi connectivity index (χ1v) is 9.53. The van der Waals surface area contributed by atoms with Gasteiger partial charge in [0.2, 0.25) is 0 Å². The Morgan fingerprint density at radius 3 is 2.14 bits per heavy atom. The molecule has 0 aromatic heterocycles. The number of benzene rings is 3. The molecular formula is C24H24O5. The van der Waals surface area contributed by atoms with Gasteiger partial charge < -0.3 is 19.7 Å². The number of hydrogen-bond donors (Lipinski definition) is 2. The van der Waals surface area contributed by atoms with E-state index in [1.807, 2.05) is 42.5 Å². The van der Waals surface area contributed by atoms with Crippen LogP contribution in [0.1, 0.15) is 12.0 Å². The van der Waals surface area contributed by atoms with Crippen molar-refractivity contribution < 1.29 is 24.5 Å². The maximum absolute atomic E-state index is 10.7. The summed E-state index contributed by atoms with van der Waals surface area (Å²) >= 11 is 0. The lowest BCUT2D eigenvalue weighted by Gasteiger charge is -2.10. The van der Waals surface area contributed by atoms with Crippen LogP contribution in [0.4, 0.5) is 0 Å². The van der Waals surface area contributed by atoms with Crippen LogP contribution in [0.2, 0.25) is 0 Å². The normalized spacial score (nSPS) is 11.6. The second kappa shape index (κ2) is 10.3. The minimum Gasteiger partial charge on any atom is -0.493 e. The summed E-state index contributed by atoms with van der Waals surface area (Å²) in [5.41, 5.74) is 3.03. The van der Waals surface area contributed by atoms with E-state index in [0.29, 0.717) is 30.9 Å². The standard InChI is InChI=1S/C24H24O5/c25-23(24(26)27)17-18-6-4-9-22(16-18)29-15-5-14-28-21-12-10-20(11-13-21)19-7-2-1-3-8-19/h1-4,6-13,16,23,25H,5,14-15,17H2,(H,26,27). The van der Waals surface area contributed by atoms with Gasteiger partial charge in [-0.3, -0.25) is 0 Å². The minimum absolute atomic E-state index is 0.0502. The van der Waals surface area contributed by atoms with Gasteiger partial charge in [-0.25, -0.2) is 4.79 Å². The van der Waals surface area contributed by atoms with Crippen LogP contribution in [0.3, 0.4) is 0 Å². The molecule has 2 N–H and O–H groups in total. The molecule has 0 aliphatic carbocycles. The summed E-state index contributed by atoms with van der Waals surface area (Å²) in [4.78, 5) is 10.7. The highest BCUT2D eigenvalue weighted by molar-refractivity contribution is 5.72. The molecule has 5 heteroatoms. The molecule has 0 heterocycles. The second-order valence-corrected chi connectivity index (χ2v) is 6.65. The summed E-state index contributed by atoms with van der Waals surface area (Å²) in [7, 11) is 0. The van der Waals surface area contributed by atoms with Crippen LogP contribution in [0.15, 0.2) is 78.9 Å². The van der Waals surface area contributed by atoms with Crippen molar-refractivity contribution in [3.63, 3.8) is 0 Å². The molecule has 5 nitrogen and oxygen atoms in total. The third-order valence-electron chi connectivity index (χ3n) is 4.40. The molecule has 0 radical (unpaired) electrons. The molecule has 0 saturated heterocycles. The average Bonchev–Trinajstić information content (AvgIpc) is 2.75. The molecule has 0 spiro atoms. The Bertz CT molecular complexity index is 906. The van der Waals surface area contributed by atoms with Crippen molar-refractivity contribution in [2.45, 2.75) is 18.9 Å². The molecule has 0 amide bonds. The zero-order chi connectivity index (χ0) is 20.5. The van der Waals surface area contributed by atoms with Crippen LogP contribution in [0.25, 0.3) is 11.1 Å². The molecule has 1 atom stereocenters. The van der Waals surface area contributed by atoms with Crippen LogP contribution < -0.4 is 9.47 Å². The first-order valence-electron chi connectivity index (χ1n) is 9.53. The average molecular weight is 392 g/mol. The molecule has 0 saturated carbocycles. The lowest BCUT2D eigenvalue weighted by molar-refractivity contribution is -0.146. The maximum Gasteiger partial charge on any atom is 0.332 e. The summed E-state index contributed by atoms with van der Waals surface area (Å²) in [6, 6.07) is 25.3. The predicted molar refractivity (Wildman–Crippen MR) is 111 cm³/mol. The quantitative estimate of drug-likeness (QED) is 0.506. The molecule has 3 aromatic carbocycles. The van der Waals surface area contributed by atoms with Crippen LogP contribution in [-0.2, 0) is 11.2 Å². The highest BCUT2D eigenvalue weighted by Gasteiger charge is 2.13. The third kappa shape index (κ3) is 6.36. The Morgan fingerprint density at radius 2 is 1.45 bits per heavy atom. The van der Waals surface area contributed by atoms with E-state index >= 15 is 0 Å². The molecule has 150 valence electrons. The number of ether oxygens (including phenoxy) is 2. The van der Waals surface area contributed by atoms with Crippen molar-refractivity contribution in [3.8, 4) is 22.6 Å². The van der Waals surface area contributed by atoms with Crippen molar-refractivity contribution in [2.75, 3.05) is 13.2 Å². The SMILES string of the molecule is O=C(O)C(O)Cc1cccc(OCCCOc2ccc(-c3ccccc3)cc2)c1. The number of hydrogen-bond acceptors (Lipinski definition) is 4. The largest absolute Gasteiger partial charge is 0.493 e. The van der Waals surface area contributed by atoms with Crippen molar-refractivity contribution in [3.05, 3.63) is 84.4 Å². The Morgan fingerprint density at radius 1 is 0.793 bits per heavy atom. The molecular weight excluding hydrogens is 368 g/mol. The Hall–Kier alpha value is -3.31. The lowest BCUT2D eigenvalue weighted by Crippen LogP contribution is -2.21. The summed E-state index contributed by atoms with van der Waals surface area (Å²) < 4.78 is 11.5. The fourth-order valence-corrected chi connectivity index (χ4v) is 2.89. The molecule has 0 aliphatic rings. The molecule has 3 rings (SSSR count). The third-order valence-corrected chi connectivity index (χ3v) is 4.40. The summed E-state index contributed by atoms with van der Waals surface area (Å²) in [6.07, 6.45) is -0.649. The van der Waals surface area contributed by atoms with E-state index in [0.717, 1.165) is 11.3 Å². The number of carboxylic acid groups (broad SMARTS) is 1. The number of carboxylic acids is 1. The van der Waals surface area contributed by atoms with E-state index in [1.165, 1.54) is 5.56 Å². The van der Waals surface area contributed by atoms with E-state index in [-0.39, 0.29) is 6.42 Å². The van der Waals surface area contributed by atoms with Gasteiger partial charge >= 0.3 is 5.97 Å². The molecule has 1 unspecified atom stereocenters. The Labute approximate surface area is 170 Å². The summed E-state index contributed by atoms with van der Waals surface area (Å²) in [5.74, 6) is 0.229.